The molecule has 1 saturated heterocycles. The Morgan fingerprint density at radius 1 is 1.00 bits per heavy atom. The maximum atomic E-state index is 6.16. The number of rotatable bonds is 8. The molecule has 0 aliphatic carbocycles. The van der Waals surface area contributed by atoms with Crippen molar-refractivity contribution in [1.29, 1.82) is 0 Å². The van der Waals surface area contributed by atoms with Gasteiger partial charge >= 0.3 is 0 Å². The van der Waals surface area contributed by atoms with Crippen LogP contribution in [0.15, 0.2) is 48.5 Å². The van der Waals surface area contributed by atoms with Crippen LogP contribution in [0.2, 0.25) is 10.0 Å². The predicted molar refractivity (Wildman–Crippen MR) is 115 cm³/mol. The van der Waals surface area contributed by atoms with Gasteiger partial charge in [0.1, 0.15) is 6.61 Å². The van der Waals surface area contributed by atoms with Gasteiger partial charge in [-0.15, -0.1) is 0 Å². The molecule has 146 valence electrons. The highest BCUT2D eigenvalue weighted by Gasteiger charge is 2.24. The highest BCUT2D eigenvalue weighted by atomic mass is 35.5. The van der Waals surface area contributed by atoms with Gasteiger partial charge in [0, 0.05) is 37.9 Å². The summed E-state index contributed by atoms with van der Waals surface area (Å²) in [7, 11) is 0. The molecule has 1 aliphatic rings. The van der Waals surface area contributed by atoms with Crippen LogP contribution in [0.25, 0.3) is 0 Å². The van der Waals surface area contributed by atoms with Crippen LogP contribution in [-0.4, -0.2) is 43.7 Å². The zero-order valence-corrected chi connectivity index (χ0v) is 17.4. The summed E-state index contributed by atoms with van der Waals surface area (Å²) in [5.41, 5.74) is 1.34. The van der Waals surface area contributed by atoms with E-state index < -0.39 is 0 Å². The molecule has 0 saturated carbocycles. The van der Waals surface area contributed by atoms with Crippen LogP contribution >= 0.6 is 23.2 Å². The lowest BCUT2D eigenvalue weighted by molar-refractivity contribution is 0.171. The fraction of sp³-hybridized carbons (Fsp3) is 0.455. The minimum atomic E-state index is 0.569. The first-order valence-electron chi connectivity index (χ1n) is 9.80. The second-order valence-corrected chi connectivity index (χ2v) is 7.82. The van der Waals surface area contributed by atoms with E-state index in [-0.39, 0.29) is 0 Å². The largest absolute Gasteiger partial charge is 0.489 e. The van der Waals surface area contributed by atoms with Gasteiger partial charge in [-0.3, -0.25) is 4.90 Å². The van der Waals surface area contributed by atoms with E-state index >= 15 is 0 Å². The average Bonchev–Trinajstić information content (AvgIpc) is 2.70. The van der Waals surface area contributed by atoms with E-state index in [0.29, 0.717) is 28.4 Å². The van der Waals surface area contributed by atoms with Crippen LogP contribution in [0.1, 0.15) is 26.2 Å². The molecule has 3 nitrogen and oxygen atoms in total. The average molecular weight is 407 g/mol. The van der Waals surface area contributed by atoms with Gasteiger partial charge in [0.2, 0.25) is 0 Å². The highest BCUT2D eigenvalue weighted by Crippen LogP contribution is 2.32. The number of ether oxygens (including phenoxy) is 1. The Hall–Kier alpha value is -1.42. The van der Waals surface area contributed by atoms with Crippen molar-refractivity contribution in [3.63, 3.8) is 0 Å². The van der Waals surface area contributed by atoms with Gasteiger partial charge in [-0.2, -0.15) is 0 Å². The van der Waals surface area contributed by atoms with Crippen LogP contribution in [0.3, 0.4) is 0 Å². The number of para-hydroxylation sites is 2. The molecular formula is C22H28Cl2N2O. The first-order chi connectivity index (χ1) is 13.2. The van der Waals surface area contributed by atoms with E-state index in [1.165, 1.54) is 24.9 Å². The molecule has 5 heteroatoms. The number of halogens is 2. The van der Waals surface area contributed by atoms with Gasteiger partial charge in [0.05, 0.1) is 10.0 Å². The van der Waals surface area contributed by atoms with E-state index in [1.54, 1.807) is 12.1 Å². The lowest BCUT2D eigenvalue weighted by Gasteiger charge is -2.39. The summed E-state index contributed by atoms with van der Waals surface area (Å²) in [5, 5.41) is 1.14. The van der Waals surface area contributed by atoms with Crippen LogP contribution in [-0.2, 0) is 0 Å². The van der Waals surface area contributed by atoms with E-state index in [1.807, 2.05) is 6.07 Å². The molecule has 2 aromatic carbocycles. The summed E-state index contributed by atoms with van der Waals surface area (Å²) in [6, 6.07) is 16.8. The number of benzene rings is 2. The summed E-state index contributed by atoms with van der Waals surface area (Å²) < 4.78 is 5.84. The predicted octanol–water partition coefficient (Wildman–Crippen LogP) is 5.75. The van der Waals surface area contributed by atoms with Crippen molar-refractivity contribution in [1.82, 2.24) is 4.90 Å². The van der Waals surface area contributed by atoms with Gasteiger partial charge in [-0.25, -0.2) is 0 Å². The highest BCUT2D eigenvalue weighted by molar-refractivity contribution is 6.37. The van der Waals surface area contributed by atoms with Crippen molar-refractivity contribution in [2.45, 2.75) is 32.2 Å². The maximum absolute atomic E-state index is 6.16. The summed E-state index contributed by atoms with van der Waals surface area (Å²) in [4.78, 5) is 5.05. The summed E-state index contributed by atoms with van der Waals surface area (Å²) in [6.07, 6.45) is 3.53. The Bertz CT molecular complexity index is 682. The second-order valence-electron chi connectivity index (χ2n) is 7.00. The van der Waals surface area contributed by atoms with E-state index in [4.69, 9.17) is 27.9 Å². The van der Waals surface area contributed by atoms with Crippen LogP contribution in [0.5, 0.6) is 5.75 Å². The minimum Gasteiger partial charge on any atom is -0.489 e. The third-order valence-electron chi connectivity index (χ3n) is 5.12. The Kier molecular flexibility index (Phi) is 7.69. The second kappa shape index (κ2) is 10.2. The number of hydrogen-bond donors (Lipinski definition) is 0. The number of piperidine rings is 1. The molecule has 0 spiro atoms. The Balaban J connectivity index is 1.48. The maximum Gasteiger partial charge on any atom is 0.156 e. The first-order valence-corrected chi connectivity index (χ1v) is 10.6. The number of hydrogen-bond acceptors (Lipinski definition) is 3. The molecule has 1 heterocycles. The summed E-state index contributed by atoms with van der Waals surface area (Å²) in [5.74, 6) is 0.592. The Morgan fingerprint density at radius 3 is 2.30 bits per heavy atom. The van der Waals surface area contributed by atoms with E-state index in [0.717, 1.165) is 26.2 Å². The van der Waals surface area contributed by atoms with Gasteiger partial charge in [0.15, 0.2) is 5.75 Å². The SMILES string of the molecule is CCCN(c1ccccc1)C1CCN(CCOc2c(Cl)cccc2Cl)CC1. The molecule has 0 bridgehead atoms. The van der Waals surface area contributed by atoms with Crippen molar-refractivity contribution < 1.29 is 4.74 Å². The molecule has 2 aromatic rings. The minimum absolute atomic E-state index is 0.569. The van der Waals surface area contributed by atoms with Crippen molar-refractivity contribution in [2.24, 2.45) is 0 Å². The third kappa shape index (κ3) is 5.54. The van der Waals surface area contributed by atoms with Crippen molar-refractivity contribution in [3.8, 4) is 5.75 Å². The monoisotopic (exact) mass is 406 g/mol. The number of anilines is 1. The van der Waals surface area contributed by atoms with Gasteiger partial charge in [0.25, 0.3) is 0 Å². The molecule has 0 atom stereocenters. The zero-order chi connectivity index (χ0) is 19.1. The van der Waals surface area contributed by atoms with Crippen molar-refractivity contribution in [3.05, 3.63) is 58.6 Å². The molecule has 0 unspecified atom stereocenters. The van der Waals surface area contributed by atoms with Crippen molar-refractivity contribution in [2.75, 3.05) is 37.7 Å². The number of likely N-dealkylation sites (tertiary alicyclic amines) is 1. The molecule has 0 amide bonds. The van der Waals surface area contributed by atoms with Crippen molar-refractivity contribution >= 4 is 28.9 Å². The summed E-state index contributed by atoms with van der Waals surface area (Å²) >= 11 is 12.3. The topological polar surface area (TPSA) is 15.7 Å². The molecule has 0 N–H and O–H groups in total. The van der Waals surface area contributed by atoms with Gasteiger partial charge < -0.3 is 9.64 Å². The standard InChI is InChI=1S/C22H28Cl2N2O/c1-2-13-26(18-7-4-3-5-8-18)19-11-14-25(15-12-19)16-17-27-22-20(23)9-6-10-21(22)24/h3-10,19H,2,11-17H2,1H3. The molecule has 1 fully saturated rings. The quantitative estimate of drug-likeness (QED) is 0.554. The number of nitrogens with zero attached hydrogens (tertiary/aromatic N) is 2. The van der Waals surface area contributed by atoms with E-state index in [2.05, 4.69) is 47.1 Å². The van der Waals surface area contributed by atoms with E-state index in [9.17, 15) is 0 Å². The fourth-order valence-corrected chi connectivity index (χ4v) is 4.24. The smallest absolute Gasteiger partial charge is 0.156 e. The molecule has 0 aromatic heterocycles. The molecule has 1 aliphatic heterocycles. The lowest BCUT2D eigenvalue weighted by atomic mass is 10.0. The Labute approximate surface area is 172 Å². The third-order valence-corrected chi connectivity index (χ3v) is 5.72. The first kappa shape index (κ1) is 20.3. The van der Waals surface area contributed by atoms with Crippen LogP contribution < -0.4 is 9.64 Å². The van der Waals surface area contributed by atoms with Crippen LogP contribution in [0.4, 0.5) is 5.69 Å². The molecule has 0 radical (unpaired) electrons. The summed E-state index contributed by atoms with van der Waals surface area (Å²) in [6.45, 7) is 7.05. The Morgan fingerprint density at radius 2 is 1.67 bits per heavy atom. The zero-order valence-electron chi connectivity index (χ0n) is 15.9. The van der Waals surface area contributed by atoms with Gasteiger partial charge in [-0.05, 0) is 43.5 Å². The normalized spacial score (nSPS) is 15.7. The lowest BCUT2D eigenvalue weighted by Crippen LogP contribution is -2.46. The van der Waals surface area contributed by atoms with Crippen LogP contribution in [0, 0.1) is 0 Å². The molecule has 27 heavy (non-hydrogen) atoms. The molecule has 3 rings (SSSR count). The fourth-order valence-electron chi connectivity index (χ4n) is 3.73. The van der Waals surface area contributed by atoms with Gasteiger partial charge in [-0.1, -0.05) is 54.4 Å². The molecular weight excluding hydrogens is 379 g/mol.